The number of carboxylic acids is 1. The smallest absolute Gasteiger partial charge is 0.339 e. The second-order valence-corrected chi connectivity index (χ2v) is 4.81. The average molecular weight is 259 g/mol. The number of pyridine rings is 1. The minimum Gasteiger partial charge on any atom is -0.478 e. The van der Waals surface area contributed by atoms with Crippen molar-refractivity contribution < 1.29 is 9.90 Å². The molecule has 0 aliphatic heterocycles. The zero-order valence-corrected chi connectivity index (χ0v) is 10.1. The first kappa shape index (κ1) is 10.9. The highest BCUT2D eigenvalue weighted by molar-refractivity contribution is 7.09. The first-order valence-electron chi connectivity index (χ1n) is 5.34. The summed E-state index contributed by atoms with van der Waals surface area (Å²) in [5.74, 6) is -0.359. The van der Waals surface area contributed by atoms with Gasteiger partial charge in [0.2, 0.25) is 0 Å². The minimum atomic E-state index is -0.990. The van der Waals surface area contributed by atoms with E-state index in [2.05, 4.69) is 10.1 Å². The average Bonchev–Trinajstić information content (AvgIpc) is 2.96. The second kappa shape index (κ2) is 4.23. The molecule has 0 radical (unpaired) electrons. The molecule has 6 heteroatoms. The van der Waals surface area contributed by atoms with Crippen LogP contribution in [-0.4, -0.2) is 25.7 Å². The van der Waals surface area contributed by atoms with Gasteiger partial charge in [0.05, 0.1) is 0 Å². The summed E-state index contributed by atoms with van der Waals surface area (Å²) in [6, 6.07) is 7.16. The van der Waals surface area contributed by atoms with Gasteiger partial charge >= 0.3 is 5.97 Å². The minimum absolute atomic E-state index is 0.169. The number of rotatable bonds is 3. The van der Waals surface area contributed by atoms with Crippen LogP contribution in [0.3, 0.4) is 0 Å². The Balaban J connectivity index is 2.05. The molecule has 3 rings (SSSR count). The van der Waals surface area contributed by atoms with Crippen LogP contribution in [0.1, 0.15) is 21.1 Å². The number of carboxylic acid groups (broad SMARTS) is 1. The van der Waals surface area contributed by atoms with E-state index in [1.165, 1.54) is 10.6 Å². The zero-order chi connectivity index (χ0) is 12.5. The topological polar surface area (TPSA) is 67.5 Å². The van der Waals surface area contributed by atoms with Crippen LogP contribution in [-0.2, 0) is 6.42 Å². The molecule has 0 bridgehead atoms. The Morgan fingerprint density at radius 1 is 1.39 bits per heavy atom. The third-order valence-electron chi connectivity index (χ3n) is 2.55. The van der Waals surface area contributed by atoms with Gasteiger partial charge in [0.1, 0.15) is 5.56 Å². The van der Waals surface area contributed by atoms with Gasteiger partial charge in [0.15, 0.2) is 11.5 Å². The van der Waals surface area contributed by atoms with Gasteiger partial charge in [-0.3, -0.25) is 0 Å². The molecule has 0 saturated carbocycles. The van der Waals surface area contributed by atoms with Crippen molar-refractivity contribution in [1.82, 2.24) is 14.6 Å². The Hall–Kier alpha value is -2.21. The number of hydrogen-bond donors (Lipinski definition) is 1. The van der Waals surface area contributed by atoms with Crippen molar-refractivity contribution in [1.29, 1.82) is 0 Å². The predicted molar refractivity (Wildman–Crippen MR) is 67.1 cm³/mol. The Morgan fingerprint density at radius 3 is 3.00 bits per heavy atom. The summed E-state index contributed by atoms with van der Waals surface area (Å²) in [5.41, 5.74) is 0.555. The maximum absolute atomic E-state index is 11.1. The molecule has 3 aromatic rings. The second-order valence-electron chi connectivity index (χ2n) is 3.78. The Bertz CT molecular complexity index is 703. The highest BCUT2D eigenvalue weighted by Crippen LogP contribution is 2.14. The summed E-state index contributed by atoms with van der Waals surface area (Å²) in [4.78, 5) is 16.5. The molecule has 1 N–H and O–H groups in total. The van der Waals surface area contributed by atoms with E-state index in [4.69, 9.17) is 5.11 Å². The van der Waals surface area contributed by atoms with E-state index < -0.39 is 5.97 Å². The van der Waals surface area contributed by atoms with E-state index >= 15 is 0 Å². The molecule has 0 fully saturated rings. The Kier molecular flexibility index (Phi) is 2.56. The van der Waals surface area contributed by atoms with Gasteiger partial charge in [-0.1, -0.05) is 6.07 Å². The van der Waals surface area contributed by atoms with Crippen molar-refractivity contribution in [3.8, 4) is 0 Å². The lowest BCUT2D eigenvalue weighted by molar-refractivity contribution is 0.0698. The molecule has 0 aliphatic rings. The number of nitrogens with zero attached hydrogens (tertiary/aromatic N) is 3. The van der Waals surface area contributed by atoms with Crippen LogP contribution in [0.2, 0.25) is 0 Å². The third kappa shape index (κ3) is 1.86. The normalized spacial score (nSPS) is 10.9. The van der Waals surface area contributed by atoms with Crippen molar-refractivity contribution in [2.45, 2.75) is 6.42 Å². The molecular formula is C12H9N3O2S. The molecule has 90 valence electrons. The fraction of sp³-hybridized carbons (Fsp3) is 0.0833. The van der Waals surface area contributed by atoms with Crippen molar-refractivity contribution in [3.63, 3.8) is 0 Å². The number of fused-ring (bicyclic) bond motifs is 1. The van der Waals surface area contributed by atoms with Crippen LogP contribution in [0.5, 0.6) is 0 Å². The van der Waals surface area contributed by atoms with Crippen molar-refractivity contribution in [2.24, 2.45) is 0 Å². The van der Waals surface area contributed by atoms with Crippen LogP contribution < -0.4 is 0 Å². The highest BCUT2D eigenvalue weighted by Gasteiger charge is 2.13. The number of hydrogen-bond acceptors (Lipinski definition) is 4. The van der Waals surface area contributed by atoms with E-state index in [0.717, 1.165) is 4.88 Å². The van der Waals surface area contributed by atoms with E-state index in [9.17, 15) is 4.79 Å². The number of aromatic nitrogens is 3. The Morgan fingerprint density at radius 2 is 2.28 bits per heavy atom. The molecule has 0 atom stereocenters. The fourth-order valence-corrected chi connectivity index (χ4v) is 2.46. The Labute approximate surface area is 106 Å². The zero-order valence-electron chi connectivity index (χ0n) is 9.28. The van der Waals surface area contributed by atoms with Gasteiger partial charge in [-0.2, -0.15) is 5.10 Å². The molecule has 0 aliphatic carbocycles. The van der Waals surface area contributed by atoms with Gasteiger partial charge < -0.3 is 5.11 Å². The summed E-state index contributed by atoms with van der Waals surface area (Å²) < 4.78 is 1.51. The van der Waals surface area contributed by atoms with E-state index in [1.54, 1.807) is 23.6 Å². The largest absolute Gasteiger partial charge is 0.478 e. The molecule has 18 heavy (non-hydrogen) atoms. The van der Waals surface area contributed by atoms with Crippen LogP contribution in [0.15, 0.2) is 35.8 Å². The molecule has 5 nitrogen and oxygen atoms in total. The molecule has 0 amide bonds. The molecule has 0 spiro atoms. The molecule has 0 unspecified atom stereocenters. The molecule has 0 saturated heterocycles. The van der Waals surface area contributed by atoms with Gasteiger partial charge in [0.25, 0.3) is 0 Å². The quantitative estimate of drug-likeness (QED) is 0.782. The third-order valence-corrected chi connectivity index (χ3v) is 3.43. The summed E-state index contributed by atoms with van der Waals surface area (Å²) in [5, 5.41) is 15.3. The van der Waals surface area contributed by atoms with Crippen molar-refractivity contribution in [2.75, 3.05) is 0 Å². The maximum Gasteiger partial charge on any atom is 0.339 e. The molecule has 3 heterocycles. The maximum atomic E-state index is 11.1. The monoisotopic (exact) mass is 259 g/mol. The van der Waals surface area contributed by atoms with E-state index in [1.807, 2.05) is 17.5 Å². The molecule has 0 aromatic carbocycles. The van der Waals surface area contributed by atoms with Crippen LogP contribution in [0.25, 0.3) is 5.65 Å². The van der Waals surface area contributed by atoms with Crippen LogP contribution in [0.4, 0.5) is 0 Å². The lowest BCUT2D eigenvalue weighted by Gasteiger charge is -1.94. The van der Waals surface area contributed by atoms with Gasteiger partial charge in [0, 0.05) is 17.5 Å². The summed E-state index contributed by atoms with van der Waals surface area (Å²) >= 11 is 1.63. The summed E-state index contributed by atoms with van der Waals surface area (Å²) in [6.07, 6.45) is 2.32. The van der Waals surface area contributed by atoms with Gasteiger partial charge in [-0.05, 0) is 23.6 Å². The number of thiophene rings is 1. The molecule has 3 aromatic heterocycles. The van der Waals surface area contributed by atoms with Gasteiger partial charge in [-0.25, -0.2) is 14.3 Å². The first-order chi connectivity index (χ1) is 8.74. The lowest BCUT2D eigenvalue weighted by Crippen LogP contribution is -2.00. The van der Waals surface area contributed by atoms with Crippen LogP contribution >= 0.6 is 11.3 Å². The summed E-state index contributed by atoms with van der Waals surface area (Å²) in [6.45, 7) is 0. The highest BCUT2D eigenvalue weighted by atomic mass is 32.1. The first-order valence-corrected chi connectivity index (χ1v) is 6.22. The van der Waals surface area contributed by atoms with E-state index in [0.29, 0.717) is 17.9 Å². The fourth-order valence-electron chi connectivity index (χ4n) is 1.76. The molecular weight excluding hydrogens is 250 g/mol. The standard InChI is InChI=1S/C12H9N3O2S/c16-12(17)9-4-1-5-15-11(9)13-10(14-15)7-8-3-2-6-18-8/h1-6H,7H2,(H,16,17). The SMILES string of the molecule is O=C(O)c1cccn2nc(Cc3cccs3)nc12. The lowest BCUT2D eigenvalue weighted by atomic mass is 10.3. The van der Waals surface area contributed by atoms with Crippen LogP contribution in [0, 0.1) is 0 Å². The van der Waals surface area contributed by atoms with Gasteiger partial charge in [-0.15, -0.1) is 11.3 Å². The summed E-state index contributed by atoms with van der Waals surface area (Å²) in [7, 11) is 0. The van der Waals surface area contributed by atoms with E-state index in [-0.39, 0.29) is 5.56 Å². The predicted octanol–water partition coefficient (Wildman–Crippen LogP) is 2.08. The number of aromatic carboxylic acids is 1. The van der Waals surface area contributed by atoms with Crippen molar-refractivity contribution in [3.05, 3.63) is 52.1 Å². The number of carbonyl (C=O) groups is 1. The van der Waals surface area contributed by atoms with Crippen molar-refractivity contribution >= 4 is 23.0 Å².